The molecule has 2 rings (SSSR count). The normalized spacial score (nSPS) is 18.7. The van der Waals surface area contributed by atoms with Gasteiger partial charge in [-0.25, -0.2) is 0 Å². The summed E-state index contributed by atoms with van der Waals surface area (Å²) < 4.78 is 5.78. The summed E-state index contributed by atoms with van der Waals surface area (Å²) in [5.74, 6) is -0.140. The minimum Gasteiger partial charge on any atom is -0.374 e. The average molecular weight is 444 g/mol. The third-order valence-corrected chi connectivity index (χ3v) is 5.31. The molecule has 2 N–H and O–H groups in total. The van der Waals surface area contributed by atoms with E-state index in [4.69, 9.17) is 27.9 Å². The summed E-state index contributed by atoms with van der Waals surface area (Å²) in [6.07, 6.45) is -0.0549. The minimum atomic E-state index is -0.676. The summed E-state index contributed by atoms with van der Waals surface area (Å²) >= 11 is 12.0. The zero-order chi connectivity index (χ0) is 21.6. The molecular weight excluding hydrogens is 413 g/mol. The Morgan fingerprint density at radius 1 is 1.24 bits per heavy atom. The molecule has 0 radical (unpaired) electrons. The van der Waals surface area contributed by atoms with Crippen LogP contribution in [0.5, 0.6) is 0 Å². The van der Waals surface area contributed by atoms with Gasteiger partial charge in [0.1, 0.15) is 6.04 Å². The van der Waals surface area contributed by atoms with Crippen LogP contribution in [0.25, 0.3) is 0 Å². The fraction of sp³-hybridized carbons (Fsp3) is 0.619. The fourth-order valence-electron chi connectivity index (χ4n) is 3.34. The van der Waals surface area contributed by atoms with Gasteiger partial charge in [0.2, 0.25) is 5.91 Å². The van der Waals surface area contributed by atoms with E-state index >= 15 is 0 Å². The molecule has 0 bridgehead atoms. The first-order chi connectivity index (χ1) is 13.7. The Kier molecular flexibility index (Phi) is 9.21. The Bertz CT molecular complexity index is 712. The van der Waals surface area contributed by atoms with E-state index in [1.165, 1.54) is 6.07 Å². The molecule has 8 heteroatoms. The molecule has 1 aromatic rings. The summed E-state index contributed by atoms with van der Waals surface area (Å²) in [4.78, 5) is 27.7. The molecule has 2 atom stereocenters. The zero-order valence-electron chi connectivity index (χ0n) is 17.5. The van der Waals surface area contributed by atoms with E-state index in [0.717, 1.165) is 19.6 Å². The lowest BCUT2D eigenvalue weighted by Crippen LogP contribution is -2.53. The molecule has 1 aliphatic rings. The highest BCUT2D eigenvalue weighted by molar-refractivity contribution is 6.36. The van der Waals surface area contributed by atoms with Crippen molar-refractivity contribution in [3.8, 4) is 0 Å². The second kappa shape index (κ2) is 11.2. The largest absolute Gasteiger partial charge is 0.374 e. The SMILES string of the molecule is CC(C)CN1CCOC(CNC(=O)C(NC(=O)c2ccc(Cl)cc2Cl)C(C)C)C1. The van der Waals surface area contributed by atoms with Crippen molar-refractivity contribution in [2.24, 2.45) is 11.8 Å². The number of carbonyl (C=O) groups excluding carboxylic acids is 2. The van der Waals surface area contributed by atoms with E-state index in [0.29, 0.717) is 24.1 Å². The molecule has 0 spiro atoms. The monoisotopic (exact) mass is 443 g/mol. The van der Waals surface area contributed by atoms with Gasteiger partial charge in [0.25, 0.3) is 5.91 Å². The van der Waals surface area contributed by atoms with Gasteiger partial charge in [0, 0.05) is 31.2 Å². The molecule has 2 unspecified atom stereocenters. The van der Waals surface area contributed by atoms with Crippen molar-refractivity contribution in [3.05, 3.63) is 33.8 Å². The first kappa shape index (κ1) is 23.9. The van der Waals surface area contributed by atoms with Crippen LogP contribution in [0.4, 0.5) is 0 Å². The number of nitrogens with zero attached hydrogens (tertiary/aromatic N) is 1. The molecule has 6 nitrogen and oxygen atoms in total. The molecule has 0 saturated carbocycles. The molecule has 29 heavy (non-hydrogen) atoms. The number of rotatable bonds is 8. The van der Waals surface area contributed by atoms with E-state index in [-0.39, 0.29) is 28.5 Å². The number of carbonyl (C=O) groups is 2. The van der Waals surface area contributed by atoms with Gasteiger partial charge in [-0.3, -0.25) is 14.5 Å². The Balaban J connectivity index is 1.92. The standard InChI is InChI=1S/C21H31Cl2N3O3/c1-13(2)11-26-7-8-29-16(12-26)10-24-21(28)19(14(3)4)25-20(27)17-6-5-15(22)9-18(17)23/h5-6,9,13-14,16,19H,7-8,10-12H2,1-4H3,(H,24,28)(H,25,27). The van der Waals surface area contributed by atoms with Gasteiger partial charge in [-0.1, -0.05) is 50.9 Å². The smallest absolute Gasteiger partial charge is 0.253 e. The first-order valence-corrected chi connectivity index (χ1v) is 10.8. The number of morpholine rings is 1. The first-order valence-electron chi connectivity index (χ1n) is 10.0. The van der Waals surface area contributed by atoms with Crippen molar-refractivity contribution in [2.45, 2.75) is 39.8 Å². The lowest BCUT2D eigenvalue weighted by Gasteiger charge is -2.34. The van der Waals surface area contributed by atoms with E-state index in [1.54, 1.807) is 12.1 Å². The maximum Gasteiger partial charge on any atom is 0.253 e. The van der Waals surface area contributed by atoms with Crippen LogP contribution < -0.4 is 10.6 Å². The van der Waals surface area contributed by atoms with Gasteiger partial charge < -0.3 is 15.4 Å². The number of ether oxygens (including phenoxy) is 1. The maximum atomic E-state index is 12.7. The van der Waals surface area contributed by atoms with Gasteiger partial charge >= 0.3 is 0 Å². The number of benzene rings is 1. The number of hydrogen-bond acceptors (Lipinski definition) is 4. The van der Waals surface area contributed by atoms with Gasteiger partial charge in [-0.05, 0) is 30.0 Å². The minimum absolute atomic E-state index is 0.0549. The number of amides is 2. The van der Waals surface area contributed by atoms with E-state index in [1.807, 2.05) is 13.8 Å². The van der Waals surface area contributed by atoms with Gasteiger partial charge in [0.15, 0.2) is 0 Å². The van der Waals surface area contributed by atoms with Crippen LogP contribution in [0, 0.1) is 11.8 Å². The lowest BCUT2D eigenvalue weighted by atomic mass is 10.0. The molecule has 2 amide bonds. The highest BCUT2D eigenvalue weighted by Crippen LogP contribution is 2.21. The molecule has 1 heterocycles. The number of hydrogen-bond donors (Lipinski definition) is 2. The zero-order valence-corrected chi connectivity index (χ0v) is 19.0. The van der Waals surface area contributed by atoms with Gasteiger partial charge in [-0.15, -0.1) is 0 Å². The Hall–Kier alpha value is -1.34. The fourth-order valence-corrected chi connectivity index (χ4v) is 3.83. The second-order valence-electron chi connectivity index (χ2n) is 8.21. The Labute approximate surface area is 183 Å². The van der Waals surface area contributed by atoms with Crippen molar-refractivity contribution in [3.63, 3.8) is 0 Å². The van der Waals surface area contributed by atoms with Crippen LogP contribution >= 0.6 is 23.2 Å². The van der Waals surface area contributed by atoms with Crippen LogP contribution in [0.15, 0.2) is 18.2 Å². The molecular formula is C21H31Cl2N3O3. The summed E-state index contributed by atoms with van der Waals surface area (Å²) in [5.41, 5.74) is 0.287. The summed E-state index contributed by atoms with van der Waals surface area (Å²) in [6, 6.07) is 3.97. The highest BCUT2D eigenvalue weighted by Gasteiger charge is 2.27. The maximum absolute atomic E-state index is 12.7. The Morgan fingerprint density at radius 2 is 1.97 bits per heavy atom. The van der Waals surface area contributed by atoms with Crippen molar-refractivity contribution < 1.29 is 14.3 Å². The molecule has 0 aromatic heterocycles. The summed E-state index contributed by atoms with van der Waals surface area (Å²) in [6.45, 7) is 11.9. The van der Waals surface area contributed by atoms with E-state index < -0.39 is 11.9 Å². The predicted octanol–water partition coefficient (Wildman–Crippen LogP) is 3.22. The van der Waals surface area contributed by atoms with Crippen LogP contribution in [0.1, 0.15) is 38.1 Å². The highest BCUT2D eigenvalue weighted by atomic mass is 35.5. The van der Waals surface area contributed by atoms with Crippen molar-refractivity contribution in [1.29, 1.82) is 0 Å². The molecule has 1 aliphatic heterocycles. The third-order valence-electron chi connectivity index (χ3n) is 4.76. The van der Waals surface area contributed by atoms with Crippen molar-refractivity contribution in [2.75, 3.05) is 32.8 Å². The Morgan fingerprint density at radius 3 is 2.59 bits per heavy atom. The lowest BCUT2D eigenvalue weighted by molar-refractivity contribution is -0.125. The number of halogens is 2. The molecule has 1 aromatic carbocycles. The van der Waals surface area contributed by atoms with E-state index in [2.05, 4.69) is 29.4 Å². The molecule has 0 aliphatic carbocycles. The second-order valence-corrected chi connectivity index (χ2v) is 9.05. The van der Waals surface area contributed by atoms with Crippen LogP contribution in [0.3, 0.4) is 0 Å². The van der Waals surface area contributed by atoms with Crippen LogP contribution in [0.2, 0.25) is 10.0 Å². The summed E-state index contributed by atoms with van der Waals surface area (Å²) in [7, 11) is 0. The predicted molar refractivity (Wildman–Crippen MR) is 117 cm³/mol. The molecule has 1 saturated heterocycles. The average Bonchev–Trinajstić information content (AvgIpc) is 2.63. The summed E-state index contributed by atoms with van der Waals surface area (Å²) in [5, 5.41) is 6.41. The van der Waals surface area contributed by atoms with Crippen LogP contribution in [-0.2, 0) is 9.53 Å². The van der Waals surface area contributed by atoms with Gasteiger partial charge in [-0.2, -0.15) is 0 Å². The van der Waals surface area contributed by atoms with Crippen molar-refractivity contribution in [1.82, 2.24) is 15.5 Å². The van der Waals surface area contributed by atoms with E-state index in [9.17, 15) is 9.59 Å². The van der Waals surface area contributed by atoms with Crippen LogP contribution in [-0.4, -0.2) is 61.6 Å². The topological polar surface area (TPSA) is 70.7 Å². The quantitative estimate of drug-likeness (QED) is 0.646. The molecule has 162 valence electrons. The third kappa shape index (κ3) is 7.45. The van der Waals surface area contributed by atoms with Crippen molar-refractivity contribution >= 4 is 35.0 Å². The van der Waals surface area contributed by atoms with Gasteiger partial charge in [0.05, 0.1) is 23.3 Å². The number of nitrogens with one attached hydrogen (secondary N) is 2. The molecule has 1 fully saturated rings.